The van der Waals surface area contributed by atoms with Gasteiger partial charge in [0.25, 0.3) is 0 Å². The van der Waals surface area contributed by atoms with Crippen molar-refractivity contribution in [2.45, 2.75) is 24.5 Å². The number of carbonyl (C=O) groups excluding carboxylic acids is 1. The zero-order valence-corrected chi connectivity index (χ0v) is 19.0. The van der Waals surface area contributed by atoms with Gasteiger partial charge in [-0.25, -0.2) is 4.98 Å². The molecule has 0 saturated carbocycles. The molecule has 1 aromatic heterocycles. The number of aromatic amines is 1. The van der Waals surface area contributed by atoms with Crippen LogP contribution in [0.5, 0.6) is 0 Å². The molecule has 6 nitrogen and oxygen atoms in total. The number of imidazole rings is 1. The number of rotatable bonds is 7. The van der Waals surface area contributed by atoms with Crippen molar-refractivity contribution < 1.29 is 4.79 Å². The fourth-order valence-electron chi connectivity index (χ4n) is 3.95. The number of H-pyrrole nitrogens is 1. The molecule has 1 N–H and O–H groups in total. The fourth-order valence-corrected chi connectivity index (χ4v) is 4.79. The summed E-state index contributed by atoms with van der Waals surface area (Å²) in [6, 6.07) is 22.2. The van der Waals surface area contributed by atoms with Crippen molar-refractivity contribution in [3.63, 3.8) is 0 Å². The van der Waals surface area contributed by atoms with Crippen LogP contribution in [0, 0.1) is 18.3 Å². The van der Waals surface area contributed by atoms with E-state index in [2.05, 4.69) is 28.1 Å². The lowest BCUT2D eigenvalue weighted by Crippen LogP contribution is -2.50. The van der Waals surface area contributed by atoms with Gasteiger partial charge in [-0.15, -0.1) is 0 Å². The number of hydrogen-bond donors (Lipinski definition) is 1. The van der Waals surface area contributed by atoms with Gasteiger partial charge in [0.1, 0.15) is 6.04 Å². The number of nitrogens with zero attached hydrogens (tertiary/aromatic N) is 4. The third-order valence-corrected chi connectivity index (χ3v) is 6.64. The van der Waals surface area contributed by atoms with E-state index >= 15 is 0 Å². The van der Waals surface area contributed by atoms with Crippen LogP contribution >= 0.6 is 11.8 Å². The molecule has 4 rings (SSSR count). The number of thioether (sulfide) groups is 1. The molecule has 32 heavy (non-hydrogen) atoms. The van der Waals surface area contributed by atoms with Crippen LogP contribution in [0.25, 0.3) is 0 Å². The molecular weight excluding hydrogens is 418 g/mol. The van der Waals surface area contributed by atoms with Gasteiger partial charge in [-0.05, 0) is 18.1 Å². The van der Waals surface area contributed by atoms with E-state index in [0.717, 1.165) is 28.5 Å². The number of piperazine rings is 1. The van der Waals surface area contributed by atoms with Crippen molar-refractivity contribution in [3.8, 4) is 6.07 Å². The second-order valence-electron chi connectivity index (χ2n) is 7.92. The number of nitrogens with one attached hydrogen (secondary N) is 1. The molecule has 1 aliphatic rings. The summed E-state index contributed by atoms with van der Waals surface area (Å²) in [5.74, 6) is 0.472. The molecule has 2 heterocycles. The summed E-state index contributed by atoms with van der Waals surface area (Å²) in [7, 11) is 0. The second kappa shape index (κ2) is 10.5. The van der Waals surface area contributed by atoms with Gasteiger partial charge < -0.3 is 9.88 Å². The molecule has 0 bridgehead atoms. The Bertz CT molecular complexity index is 1070. The van der Waals surface area contributed by atoms with Crippen LogP contribution in [0.2, 0.25) is 0 Å². The molecule has 1 saturated heterocycles. The van der Waals surface area contributed by atoms with E-state index in [1.165, 1.54) is 17.3 Å². The summed E-state index contributed by atoms with van der Waals surface area (Å²) in [5, 5.41) is 10.4. The molecule has 1 fully saturated rings. The van der Waals surface area contributed by atoms with Crippen molar-refractivity contribution in [2.75, 3.05) is 31.9 Å². The Morgan fingerprint density at radius 3 is 2.41 bits per heavy atom. The Labute approximate surface area is 193 Å². The first-order chi connectivity index (χ1) is 15.6. The van der Waals surface area contributed by atoms with E-state index in [9.17, 15) is 10.1 Å². The molecule has 1 aliphatic heterocycles. The van der Waals surface area contributed by atoms with Gasteiger partial charge in [0, 0.05) is 38.3 Å². The van der Waals surface area contributed by atoms with E-state index in [0.29, 0.717) is 31.9 Å². The van der Waals surface area contributed by atoms with Crippen molar-refractivity contribution in [3.05, 3.63) is 83.2 Å². The SMILES string of the molecule is Cc1[nH]c(SCC(=O)N2CCN(C(C#N)c3ccccc3)CC2)nc1Cc1ccccc1. The number of carbonyl (C=O) groups is 1. The zero-order chi connectivity index (χ0) is 22.3. The maximum atomic E-state index is 12.8. The maximum absolute atomic E-state index is 12.8. The van der Waals surface area contributed by atoms with E-state index in [1.807, 2.05) is 60.4 Å². The van der Waals surface area contributed by atoms with Crippen LogP contribution in [-0.4, -0.2) is 57.6 Å². The van der Waals surface area contributed by atoms with Crippen molar-refractivity contribution in [1.29, 1.82) is 5.26 Å². The van der Waals surface area contributed by atoms with Crippen LogP contribution in [0.1, 0.15) is 28.6 Å². The normalized spacial score (nSPS) is 15.3. The van der Waals surface area contributed by atoms with Crippen molar-refractivity contribution >= 4 is 17.7 Å². The topological polar surface area (TPSA) is 76.0 Å². The Morgan fingerprint density at radius 1 is 1.09 bits per heavy atom. The average molecular weight is 446 g/mol. The molecule has 0 radical (unpaired) electrons. The van der Waals surface area contributed by atoms with Gasteiger partial charge in [-0.1, -0.05) is 72.4 Å². The Balaban J connectivity index is 1.28. The third kappa shape index (κ3) is 5.39. The van der Waals surface area contributed by atoms with Crippen LogP contribution in [0.4, 0.5) is 0 Å². The number of nitriles is 1. The van der Waals surface area contributed by atoms with E-state index < -0.39 is 0 Å². The first kappa shape index (κ1) is 22.1. The predicted molar refractivity (Wildman–Crippen MR) is 126 cm³/mol. The summed E-state index contributed by atoms with van der Waals surface area (Å²) in [6.07, 6.45) is 0.779. The summed E-state index contributed by atoms with van der Waals surface area (Å²) in [6.45, 7) is 4.70. The highest BCUT2D eigenvalue weighted by Gasteiger charge is 2.27. The molecule has 1 amide bonds. The molecule has 7 heteroatoms. The van der Waals surface area contributed by atoms with Gasteiger partial charge in [0.15, 0.2) is 5.16 Å². The minimum atomic E-state index is -0.267. The number of aromatic nitrogens is 2. The maximum Gasteiger partial charge on any atom is 0.233 e. The predicted octanol–water partition coefficient (Wildman–Crippen LogP) is 3.81. The lowest BCUT2D eigenvalue weighted by Gasteiger charge is -2.37. The van der Waals surface area contributed by atoms with Gasteiger partial charge in [-0.3, -0.25) is 9.69 Å². The summed E-state index contributed by atoms with van der Waals surface area (Å²) >= 11 is 1.45. The molecule has 0 spiro atoms. The highest BCUT2D eigenvalue weighted by Crippen LogP contribution is 2.23. The first-order valence-corrected chi connectivity index (χ1v) is 11.8. The van der Waals surface area contributed by atoms with Crippen molar-refractivity contribution in [1.82, 2.24) is 19.8 Å². The second-order valence-corrected chi connectivity index (χ2v) is 8.89. The quantitative estimate of drug-likeness (QED) is 0.560. The fraction of sp³-hybridized carbons (Fsp3) is 0.320. The van der Waals surface area contributed by atoms with Gasteiger partial charge in [0.2, 0.25) is 5.91 Å². The van der Waals surface area contributed by atoms with Crippen LogP contribution in [-0.2, 0) is 11.2 Å². The molecule has 164 valence electrons. The molecular formula is C25H27N5OS. The monoisotopic (exact) mass is 445 g/mol. The van der Waals surface area contributed by atoms with Crippen LogP contribution in [0.15, 0.2) is 65.8 Å². The van der Waals surface area contributed by atoms with Crippen molar-refractivity contribution in [2.24, 2.45) is 0 Å². The number of benzene rings is 2. The molecule has 2 aromatic carbocycles. The Hall–Kier alpha value is -3.08. The summed E-state index contributed by atoms with van der Waals surface area (Å²) < 4.78 is 0. The molecule has 1 unspecified atom stereocenters. The third-order valence-electron chi connectivity index (χ3n) is 5.78. The number of hydrogen-bond acceptors (Lipinski definition) is 5. The number of amides is 1. The molecule has 1 atom stereocenters. The highest BCUT2D eigenvalue weighted by molar-refractivity contribution is 7.99. The van der Waals surface area contributed by atoms with Gasteiger partial charge in [0.05, 0.1) is 17.5 Å². The smallest absolute Gasteiger partial charge is 0.233 e. The largest absolute Gasteiger partial charge is 0.339 e. The van der Waals surface area contributed by atoms with E-state index in [-0.39, 0.29) is 11.9 Å². The first-order valence-electron chi connectivity index (χ1n) is 10.8. The molecule has 0 aliphatic carbocycles. The van der Waals surface area contributed by atoms with Crippen LogP contribution < -0.4 is 0 Å². The van der Waals surface area contributed by atoms with Crippen LogP contribution in [0.3, 0.4) is 0 Å². The lowest BCUT2D eigenvalue weighted by molar-refractivity contribution is -0.130. The minimum absolute atomic E-state index is 0.113. The van der Waals surface area contributed by atoms with E-state index in [4.69, 9.17) is 4.98 Å². The Kier molecular flexibility index (Phi) is 7.25. The van der Waals surface area contributed by atoms with E-state index in [1.54, 1.807) is 0 Å². The summed E-state index contributed by atoms with van der Waals surface area (Å²) in [4.78, 5) is 24.8. The average Bonchev–Trinajstić information content (AvgIpc) is 3.18. The minimum Gasteiger partial charge on any atom is -0.339 e. The lowest BCUT2D eigenvalue weighted by atomic mass is 10.1. The standard InChI is InChI=1S/C25H27N5OS/c1-19-22(16-20-8-4-2-5-9-20)28-25(27-19)32-18-24(31)30-14-12-29(13-15-30)23(17-26)21-10-6-3-7-11-21/h2-11,23H,12-16,18H2,1H3,(H,27,28). The molecule has 3 aromatic rings. The number of aryl methyl sites for hydroxylation is 1. The highest BCUT2D eigenvalue weighted by atomic mass is 32.2. The summed E-state index contributed by atoms with van der Waals surface area (Å²) in [5.41, 5.74) is 4.28. The van der Waals surface area contributed by atoms with Gasteiger partial charge >= 0.3 is 0 Å². The van der Waals surface area contributed by atoms with Gasteiger partial charge in [-0.2, -0.15) is 5.26 Å². The Morgan fingerprint density at radius 2 is 1.75 bits per heavy atom. The zero-order valence-electron chi connectivity index (χ0n) is 18.2.